The van der Waals surface area contributed by atoms with Crippen LogP contribution in [-0.4, -0.2) is 47.8 Å². The number of carbonyl (C=O) groups excluding carboxylic acids is 3. The summed E-state index contributed by atoms with van der Waals surface area (Å²) < 4.78 is 19.2. The number of nitrogens with one attached hydrogen (secondary N) is 2. The molecule has 31 heavy (non-hydrogen) atoms. The second kappa shape index (κ2) is 10.2. The van der Waals surface area contributed by atoms with E-state index in [4.69, 9.17) is 4.42 Å². The summed E-state index contributed by atoms with van der Waals surface area (Å²) in [4.78, 5) is 39.8. The van der Waals surface area contributed by atoms with E-state index < -0.39 is 17.8 Å². The van der Waals surface area contributed by atoms with E-state index in [-0.39, 0.29) is 35.1 Å². The van der Waals surface area contributed by atoms with Gasteiger partial charge in [-0.3, -0.25) is 14.4 Å². The van der Waals surface area contributed by atoms with E-state index in [1.54, 1.807) is 23.1 Å². The Morgan fingerprint density at radius 1 is 1.13 bits per heavy atom. The number of carbonyl (C=O) groups is 3. The molecule has 0 bridgehead atoms. The van der Waals surface area contributed by atoms with Crippen molar-refractivity contribution >= 4 is 17.7 Å². The third-order valence-electron chi connectivity index (χ3n) is 5.72. The summed E-state index contributed by atoms with van der Waals surface area (Å²) >= 11 is 0. The zero-order valence-electron chi connectivity index (χ0n) is 17.8. The first kappa shape index (κ1) is 22.5. The molecule has 8 heteroatoms. The first-order valence-electron chi connectivity index (χ1n) is 10.6. The van der Waals surface area contributed by atoms with Crippen molar-refractivity contribution in [3.63, 3.8) is 0 Å². The van der Waals surface area contributed by atoms with Crippen LogP contribution in [0.5, 0.6) is 0 Å². The molecule has 0 radical (unpaired) electrons. The van der Waals surface area contributed by atoms with Crippen LogP contribution in [-0.2, 0) is 4.79 Å². The molecular weight excluding hydrogens is 401 g/mol. The molecule has 0 unspecified atom stereocenters. The van der Waals surface area contributed by atoms with E-state index in [1.807, 2.05) is 13.8 Å². The molecule has 3 amide bonds. The van der Waals surface area contributed by atoms with Gasteiger partial charge in [0.2, 0.25) is 5.91 Å². The Labute approximate surface area is 181 Å². The van der Waals surface area contributed by atoms with Crippen LogP contribution in [0.15, 0.2) is 47.1 Å². The van der Waals surface area contributed by atoms with Crippen molar-refractivity contribution in [3.8, 4) is 0 Å². The second-order valence-corrected chi connectivity index (χ2v) is 7.86. The minimum absolute atomic E-state index is 0.0546. The fraction of sp³-hybridized carbons (Fsp3) is 0.435. The van der Waals surface area contributed by atoms with Crippen LogP contribution in [0.3, 0.4) is 0 Å². The fourth-order valence-electron chi connectivity index (χ4n) is 3.69. The molecule has 2 N–H and O–H groups in total. The van der Waals surface area contributed by atoms with Crippen LogP contribution in [0.1, 0.15) is 54.0 Å². The first-order valence-corrected chi connectivity index (χ1v) is 10.6. The number of piperidine rings is 1. The van der Waals surface area contributed by atoms with Gasteiger partial charge in [0.05, 0.1) is 11.8 Å². The van der Waals surface area contributed by atoms with Crippen molar-refractivity contribution in [1.29, 1.82) is 0 Å². The lowest BCUT2D eigenvalue weighted by Gasteiger charge is -2.35. The Hall–Kier alpha value is -3.16. The van der Waals surface area contributed by atoms with Crippen LogP contribution in [0, 0.1) is 11.7 Å². The first-order chi connectivity index (χ1) is 14.9. The lowest BCUT2D eigenvalue weighted by Crippen LogP contribution is -2.55. The van der Waals surface area contributed by atoms with Gasteiger partial charge in [-0.1, -0.05) is 19.1 Å². The number of likely N-dealkylation sites (tertiary alicyclic amines) is 1. The van der Waals surface area contributed by atoms with Gasteiger partial charge in [0.1, 0.15) is 11.9 Å². The van der Waals surface area contributed by atoms with Gasteiger partial charge in [-0.2, -0.15) is 0 Å². The highest BCUT2D eigenvalue weighted by Crippen LogP contribution is 2.23. The van der Waals surface area contributed by atoms with Crippen LogP contribution in [0.25, 0.3) is 0 Å². The number of furan rings is 1. The van der Waals surface area contributed by atoms with Crippen LogP contribution in [0.2, 0.25) is 0 Å². The summed E-state index contributed by atoms with van der Waals surface area (Å²) in [6.45, 7) is 4.72. The van der Waals surface area contributed by atoms with E-state index in [1.165, 1.54) is 24.5 Å². The Morgan fingerprint density at radius 3 is 2.45 bits per heavy atom. The normalized spacial score (nSPS) is 16.4. The highest BCUT2D eigenvalue weighted by Gasteiger charge is 2.35. The summed E-state index contributed by atoms with van der Waals surface area (Å²) in [5.41, 5.74) is -0.103. The minimum Gasteiger partial charge on any atom is -0.459 e. The van der Waals surface area contributed by atoms with Crippen LogP contribution >= 0.6 is 0 Å². The predicted octanol–water partition coefficient (Wildman–Crippen LogP) is 2.98. The molecule has 2 heterocycles. The molecule has 1 aliphatic heterocycles. The van der Waals surface area contributed by atoms with Gasteiger partial charge in [0.25, 0.3) is 11.8 Å². The molecule has 2 aromatic rings. The number of hydrogen-bond donors (Lipinski definition) is 2. The fourth-order valence-corrected chi connectivity index (χ4v) is 3.69. The molecule has 2 atom stereocenters. The van der Waals surface area contributed by atoms with E-state index >= 15 is 0 Å². The largest absolute Gasteiger partial charge is 0.459 e. The third-order valence-corrected chi connectivity index (χ3v) is 5.72. The van der Waals surface area contributed by atoms with Crippen LogP contribution in [0.4, 0.5) is 4.39 Å². The average Bonchev–Trinajstić information content (AvgIpc) is 3.32. The van der Waals surface area contributed by atoms with Crippen LogP contribution < -0.4 is 10.6 Å². The standard InChI is InChI=1S/C23H28FN3O4/c1-3-15(2)25-22(29)20(26-21(28)17-7-4-5-8-18(17)24)16-10-12-27(13-11-16)23(30)19-9-6-14-31-19/h4-9,14-16,20H,3,10-13H2,1-2H3,(H,25,29)(H,26,28)/t15-,20+/m1/s1. The number of benzene rings is 1. The molecule has 166 valence electrons. The van der Waals surface area contributed by atoms with E-state index in [0.29, 0.717) is 25.9 Å². The predicted molar refractivity (Wildman–Crippen MR) is 113 cm³/mol. The van der Waals surface area contributed by atoms with Crippen molar-refractivity contribution in [2.24, 2.45) is 5.92 Å². The molecule has 7 nitrogen and oxygen atoms in total. The zero-order chi connectivity index (χ0) is 22.4. The van der Waals surface area contributed by atoms with E-state index in [0.717, 1.165) is 6.42 Å². The summed E-state index contributed by atoms with van der Waals surface area (Å²) in [5, 5.41) is 5.64. The maximum absolute atomic E-state index is 14.1. The SMILES string of the molecule is CC[C@@H](C)NC(=O)[C@@H](NC(=O)c1ccccc1F)C1CCN(C(=O)c2ccco2)CC1. The molecule has 3 rings (SSSR count). The molecule has 0 saturated carbocycles. The summed E-state index contributed by atoms with van der Waals surface area (Å²) in [7, 11) is 0. The number of hydrogen-bond acceptors (Lipinski definition) is 4. The molecule has 1 saturated heterocycles. The lowest BCUT2D eigenvalue weighted by molar-refractivity contribution is -0.125. The highest BCUT2D eigenvalue weighted by molar-refractivity contribution is 5.98. The van der Waals surface area contributed by atoms with Gasteiger partial charge in [-0.05, 0) is 56.4 Å². The number of halogens is 1. The van der Waals surface area contributed by atoms with Gasteiger partial charge >= 0.3 is 0 Å². The van der Waals surface area contributed by atoms with Crippen molar-refractivity contribution in [1.82, 2.24) is 15.5 Å². The Bertz CT molecular complexity index is 907. The van der Waals surface area contributed by atoms with E-state index in [2.05, 4.69) is 10.6 Å². The minimum atomic E-state index is -0.818. The lowest BCUT2D eigenvalue weighted by atomic mass is 9.88. The van der Waals surface area contributed by atoms with Gasteiger partial charge in [-0.15, -0.1) is 0 Å². The second-order valence-electron chi connectivity index (χ2n) is 7.86. The summed E-state index contributed by atoms with van der Waals surface area (Å²) in [6, 6.07) is 8.08. The summed E-state index contributed by atoms with van der Waals surface area (Å²) in [5.74, 6) is -1.66. The molecule has 1 aromatic carbocycles. The van der Waals surface area contributed by atoms with Crippen molar-refractivity contribution < 1.29 is 23.2 Å². The number of nitrogens with zero attached hydrogens (tertiary/aromatic N) is 1. The molecule has 1 aromatic heterocycles. The Kier molecular flexibility index (Phi) is 7.44. The van der Waals surface area contributed by atoms with E-state index in [9.17, 15) is 18.8 Å². The van der Waals surface area contributed by atoms with Crippen molar-refractivity contribution in [3.05, 3.63) is 59.8 Å². The quantitative estimate of drug-likeness (QED) is 0.708. The highest BCUT2D eigenvalue weighted by atomic mass is 19.1. The Balaban J connectivity index is 1.71. The zero-order valence-corrected chi connectivity index (χ0v) is 17.8. The van der Waals surface area contributed by atoms with Gasteiger partial charge in [-0.25, -0.2) is 4.39 Å². The van der Waals surface area contributed by atoms with Gasteiger partial charge in [0, 0.05) is 19.1 Å². The summed E-state index contributed by atoms with van der Waals surface area (Å²) in [6.07, 6.45) is 3.26. The van der Waals surface area contributed by atoms with Crippen molar-refractivity contribution in [2.75, 3.05) is 13.1 Å². The maximum Gasteiger partial charge on any atom is 0.289 e. The molecule has 0 aliphatic carbocycles. The maximum atomic E-state index is 14.1. The van der Waals surface area contributed by atoms with Gasteiger partial charge < -0.3 is 20.0 Å². The van der Waals surface area contributed by atoms with Crippen molar-refractivity contribution in [2.45, 2.75) is 45.2 Å². The monoisotopic (exact) mass is 429 g/mol. The number of amides is 3. The molecular formula is C23H28FN3O4. The molecule has 1 fully saturated rings. The average molecular weight is 429 g/mol. The number of rotatable bonds is 7. The van der Waals surface area contributed by atoms with Gasteiger partial charge in [0.15, 0.2) is 5.76 Å². The molecule has 0 spiro atoms. The Morgan fingerprint density at radius 2 is 1.84 bits per heavy atom. The third kappa shape index (κ3) is 5.51. The smallest absolute Gasteiger partial charge is 0.289 e. The topological polar surface area (TPSA) is 91.7 Å². The molecule has 1 aliphatic rings.